The van der Waals surface area contributed by atoms with E-state index in [0.717, 1.165) is 64.2 Å². The van der Waals surface area contributed by atoms with Crippen LogP contribution < -0.4 is 4.74 Å². The molecule has 0 bridgehead atoms. The Morgan fingerprint density at radius 1 is 1.13 bits per heavy atom. The molecule has 1 amide bonds. The van der Waals surface area contributed by atoms with E-state index in [-0.39, 0.29) is 11.9 Å². The molecular formula is C23H31N5O2. The minimum absolute atomic E-state index is 0.0241. The highest BCUT2D eigenvalue weighted by Crippen LogP contribution is 2.21. The van der Waals surface area contributed by atoms with Gasteiger partial charge in [-0.2, -0.15) is 0 Å². The summed E-state index contributed by atoms with van der Waals surface area (Å²) in [5.41, 5.74) is 1.65. The van der Waals surface area contributed by atoms with Crippen LogP contribution in [0, 0.1) is 0 Å². The summed E-state index contributed by atoms with van der Waals surface area (Å²) in [6.45, 7) is 4.58. The van der Waals surface area contributed by atoms with Gasteiger partial charge in [0.25, 0.3) is 5.91 Å². The van der Waals surface area contributed by atoms with Crippen LogP contribution in [0.2, 0.25) is 0 Å². The number of hydrogen-bond donors (Lipinski definition) is 0. The predicted molar refractivity (Wildman–Crippen MR) is 117 cm³/mol. The van der Waals surface area contributed by atoms with Crippen LogP contribution in [-0.4, -0.2) is 70.5 Å². The molecule has 160 valence electrons. The molecule has 2 fully saturated rings. The number of hydrogen-bond acceptors (Lipinski definition) is 5. The SMILES string of the molecule is COc1ccc(/C=C/CN2CCC[C@H](n3cc(C(=O)N4CCCCC4)nn3)C2)cc1. The Morgan fingerprint density at radius 2 is 1.93 bits per heavy atom. The summed E-state index contributed by atoms with van der Waals surface area (Å²) in [7, 11) is 1.68. The molecule has 2 aliphatic rings. The molecule has 3 heterocycles. The van der Waals surface area contributed by atoms with E-state index in [2.05, 4.69) is 39.5 Å². The van der Waals surface area contributed by atoms with Crippen LogP contribution >= 0.6 is 0 Å². The summed E-state index contributed by atoms with van der Waals surface area (Å²) in [6.07, 6.45) is 11.8. The second kappa shape index (κ2) is 9.89. The van der Waals surface area contributed by atoms with Gasteiger partial charge in [-0.1, -0.05) is 29.5 Å². The lowest BCUT2D eigenvalue weighted by Gasteiger charge is -2.31. The van der Waals surface area contributed by atoms with Crippen LogP contribution in [0.25, 0.3) is 6.08 Å². The molecule has 0 N–H and O–H groups in total. The van der Waals surface area contributed by atoms with Gasteiger partial charge in [0, 0.05) is 26.2 Å². The normalized spacial score (nSPS) is 20.6. The predicted octanol–water partition coefficient (Wildman–Crippen LogP) is 3.26. The maximum atomic E-state index is 12.7. The number of benzene rings is 1. The molecule has 0 spiro atoms. The third kappa shape index (κ3) is 5.08. The zero-order valence-electron chi connectivity index (χ0n) is 17.7. The third-order valence-electron chi connectivity index (χ3n) is 6.02. The molecular weight excluding hydrogens is 378 g/mol. The van der Waals surface area contributed by atoms with Gasteiger partial charge < -0.3 is 9.64 Å². The number of aromatic nitrogens is 3. The lowest BCUT2D eigenvalue weighted by atomic mass is 10.1. The van der Waals surface area contributed by atoms with Crippen molar-refractivity contribution in [3.63, 3.8) is 0 Å². The molecule has 0 saturated carbocycles. The van der Waals surface area contributed by atoms with E-state index >= 15 is 0 Å². The maximum absolute atomic E-state index is 12.7. The minimum atomic E-state index is 0.0241. The molecule has 2 aromatic rings. The van der Waals surface area contributed by atoms with Crippen molar-refractivity contribution in [1.29, 1.82) is 0 Å². The van der Waals surface area contributed by atoms with Gasteiger partial charge in [0.05, 0.1) is 19.3 Å². The van der Waals surface area contributed by atoms with Crippen molar-refractivity contribution in [1.82, 2.24) is 24.8 Å². The zero-order chi connectivity index (χ0) is 20.8. The van der Waals surface area contributed by atoms with Crippen molar-refractivity contribution in [3.05, 3.63) is 47.8 Å². The van der Waals surface area contributed by atoms with Crippen molar-refractivity contribution in [2.24, 2.45) is 0 Å². The van der Waals surface area contributed by atoms with Crippen molar-refractivity contribution in [2.45, 2.75) is 38.1 Å². The molecule has 7 nitrogen and oxygen atoms in total. The van der Waals surface area contributed by atoms with E-state index in [1.54, 1.807) is 7.11 Å². The highest BCUT2D eigenvalue weighted by atomic mass is 16.5. The Morgan fingerprint density at radius 3 is 2.70 bits per heavy atom. The number of piperidine rings is 2. The highest BCUT2D eigenvalue weighted by Gasteiger charge is 2.25. The number of ether oxygens (including phenoxy) is 1. The van der Waals surface area contributed by atoms with Gasteiger partial charge in [0.2, 0.25) is 0 Å². The number of carbonyl (C=O) groups is 1. The van der Waals surface area contributed by atoms with E-state index < -0.39 is 0 Å². The summed E-state index contributed by atoms with van der Waals surface area (Å²) in [6, 6.07) is 8.34. The molecule has 0 radical (unpaired) electrons. The van der Waals surface area contributed by atoms with Crippen molar-refractivity contribution in [2.75, 3.05) is 39.8 Å². The lowest BCUT2D eigenvalue weighted by Crippen LogP contribution is -2.37. The molecule has 1 aromatic heterocycles. The molecule has 2 saturated heterocycles. The van der Waals surface area contributed by atoms with Crippen LogP contribution in [0.15, 0.2) is 36.5 Å². The van der Waals surface area contributed by atoms with Gasteiger partial charge in [-0.3, -0.25) is 9.69 Å². The summed E-state index contributed by atoms with van der Waals surface area (Å²) < 4.78 is 7.10. The Balaban J connectivity index is 1.31. The highest BCUT2D eigenvalue weighted by molar-refractivity contribution is 5.91. The standard InChI is InChI=1S/C23H31N5O2/c1-30-21-11-9-19(10-12-21)7-5-13-26-14-6-8-20(17-26)28-18-22(24-25-28)23(29)27-15-3-2-4-16-27/h5,7,9-12,18,20H,2-4,6,8,13-17H2,1H3/b7-5+/t20-/m0/s1. The molecule has 0 aliphatic carbocycles. The average Bonchev–Trinajstić information content (AvgIpc) is 3.30. The van der Waals surface area contributed by atoms with Crippen molar-refractivity contribution >= 4 is 12.0 Å². The summed E-state index contributed by atoms with van der Waals surface area (Å²) in [5.74, 6) is 0.896. The first-order valence-corrected chi connectivity index (χ1v) is 11.0. The Kier molecular flexibility index (Phi) is 6.79. The van der Waals surface area contributed by atoms with Crippen molar-refractivity contribution < 1.29 is 9.53 Å². The number of carbonyl (C=O) groups excluding carboxylic acids is 1. The molecule has 1 aromatic carbocycles. The van der Waals surface area contributed by atoms with E-state index in [9.17, 15) is 4.79 Å². The van der Waals surface area contributed by atoms with Gasteiger partial charge in [0.1, 0.15) is 5.75 Å². The fourth-order valence-electron chi connectivity index (χ4n) is 4.28. The van der Waals surface area contributed by atoms with E-state index in [1.807, 2.05) is 27.9 Å². The van der Waals surface area contributed by atoms with Crippen molar-refractivity contribution in [3.8, 4) is 5.75 Å². The number of methoxy groups -OCH3 is 1. The largest absolute Gasteiger partial charge is 0.497 e. The smallest absolute Gasteiger partial charge is 0.276 e. The first kappa shape index (κ1) is 20.6. The fraction of sp³-hybridized carbons (Fsp3) is 0.522. The average molecular weight is 410 g/mol. The van der Waals surface area contributed by atoms with Gasteiger partial charge in [0.15, 0.2) is 5.69 Å². The molecule has 0 unspecified atom stereocenters. The second-order valence-corrected chi connectivity index (χ2v) is 8.17. The number of nitrogens with zero attached hydrogens (tertiary/aromatic N) is 5. The second-order valence-electron chi connectivity index (χ2n) is 8.17. The molecule has 2 aliphatic heterocycles. The first-order chi connectivity index (χ1) is 14.7. The Hall–Kier alpha value is -2.67. The molecule has 30 heavy (non-hydrogen) atoms. The van der Waals surface area contributed by atoms with Crippen LogP contribution in [0.3, 0.4) is 0 Å². The molecule has 4 rings (SSSR count). The van der Waals surface area contributed by atoms with Gasteiger partial charge in [-0.25, -0.2) is 4.68 Å². The monoisotopic (exact) mass is 409 g/mol. The molecule has 1 atom stereocenters. The summed E-state index contributed by atoms with van der Waals surface area (Å²) in [5, 5.41) is 8.48. The van der Waals surface area contributed by atoms with Gasteiger partial charge in [-0.05, 0) is 56.3 Å². The number of likely N-dealkylation sites (tertiary alicyclic amines) is 2. The van der Waals surface area contributed by atoms with Crippen LogP contribution in [0.4, 0.5) is 0 Å². The van der Waals surface area contributed by atoms with Gasteiger partial charge >= 0.3 is 0 Å². The van der Waals surface area contributed by atoms with E-state index in [1.165, 1.54) is 12.0 Å². The number of amides is 1. The maximum Gasteiger partial charge on any atom is 0.276 e. The Labute approximate surface area is 178 Å². The molecule has 7 heteroatoms. The fourth-order valence-corrected chi connectivity index (χ4v) is 4.28. The third-order valence-corrected chi connectivity index (χ3v) is 6.02. The summed E-state index contributed by atoms with van der Waals surface area (Å²) in [4.78, 5) is 17.0. The zero-order valence-corrected chi connectivity index (χ0v) is 17.7. The minimum Gasteiger partial charge on any atom is -0.497 e. The quantitative estimate of drug-likeness (QED) is 0.733. The topological polar surface area (TPSA) is 63.5 Å². The van der Waals surface area contributed by atoms with Crippen LogP contribution in [-0.2, 0) is 0 Å². The summed E-state index contributed by atoms with van der Waals surface area (Å²) >= 11 is 0. The first-order valence-electron chi connectivity index (χ1n) is 11.0. The lowest BCUT2D eigenvalue weighted by molar-refractivity contribution is 0.0718. The van der Waals surface area contributed by atoms with Crippen LogP contribution in [0.1, 0.15) is 54.2 Å². The van der Waals surface area contributed by atoms with E-state index in [0.29, 0.717) is 5.69 Å². The van der Waals surface area contributed by atoms with Gasteiger partial charge in [-0.15, -0.1) is 5.10 Å². The van der Waals surface area contributed by atoms with Crippen LogP contribution in [0.5, 0.6) is 5.75 Å². The van der Waals surface area contributed by atoms with E-state index in [4.69, 9.17) is 4.74 Å². The number of rotatable bonds is 6. The Bertz CT molecular complexity index is 855.